The molecule has 0 spiro atoms. The molecule has 7 nitrogen and oxygen atoms in total. The Kier molecular flexibility index (Phi) is 7.27. The number of hydrogen-bond acceptors (Lipinski definition) is 5. The first kappa shape index (κ1) is 21.5. The van der Waals surface area contributed by atoms with Crippen molar-refractivity contribution in [1.82, 2.24) is 15.3 Å². The lowest BCUT2D eigenvalue weighted by atomic mass is 10.2. The summed E-state index contributed by atoms with van der Waals surface area (Å²) < 4.78 is 38.5. The van der Waals surface area contributed by atoms with Gasteiger partial charge in [-0.2, -0.15) is 13.2 Å². The Labute approximate surface area is 165 Å². The van der Waals surface area contributed by atoms with Gasteiger partial charge in [-0.3, -0.25) is 0 Å². The maximum atomic E-state index is 12.8. The minimum atomic E-state index is -4.60. The van der Waals surface area contributed by atoms with Gasteiger partial charge in [0, 0.05) is 31.4 Å². The SMILES string of the molecule is CCNc1cc(NCCNC(=O)Nc2ccc(Cl)c(C(F)(F)F)c2)nc(C)n1. The molecule has 0 saturated carbocycles. The second-order valence-corrected chi connectivity index (χ2v) is 6.12. The molecule has 0 atom stereocenters. The molecule has 1 aromatic heterocycles. The molecule has 1 aromatic carbocycles. The fraction of sp³-hybridized carbons (Fsp3) is 0.353. The first-order valence-electron chi connectivity index (χ1n) is 8.44. The van der Waals surface area contributed by atoms with E-state index in [1.807, 2.05) is 6.92 Å². The van der Waals surface area contributed by atoms with E-state index in [0.29, 0.717) is 24.0 Å². The summed E-state index contributed by atoms with van der Waals surface area (Å²) in [6.07, 6.45) is -4.60. The van der Waals surface area contributed by atoms with Gasteiger partial charge >= 0.3 is 12.2 Å². The second-order valence-electron chi connectivity index (χ2n) is 5.72. The quantitative estimate of drug-likeness (QED) is 0.510. The molecule has 0 aliphatic heterocycles. The smallest absolute Gasteiger partial charge is 0.370 e. The van der Waals surface area contributed by atoms with E-state index in [0.717, 1.165) is 18.7 Å². The number of benzene rings is 1. The molecule has 11 heteroatoms. The van der Waals surface area contributed by atoms with Crippen LogP contribution in [-0.2, 0) is 6.18 Å². The van der Waals surface area contributed by atoms with Gasteiger partial charge in [0.2, 0.25) is 0 Å². The fourth-order valence-electron chi connectivity index (χ4n) is 2.29. The van der Waals surface area contributed by atoms with E-state index in [1.54, 1.807) is 13.0 Å². The van der Waals surface area contributed by atoms with E-state index in [9.17, 15) is 18.0 Å². The number of urea groups is 1. The summed E-state index contributed by atoms with van der Waals surface area (Å²) in [7, 11) is 0. The van der Waals surface area contributed by atoms with Gasteiger partial charge in [-0.1, -0.05) is 11.6 Å². The molecule has 0 aliphatic carbocycles. The summed E-state index contributed by atoms with van der Waals surface area (Å²) in [6.45, 7) is 5.03. The van der Waals surface area contributed by atoms with Crippen LogP contribution in [0.3, 0.4) is 0 Å². The third-order valence-electron chi connectivity index (χ3n) is 3.44. The summed E-state index contributed by atoms with van der Waals surface area (Å²) in [4.78, 5) is 20.3. The van der Waals surface area contributed by atoms with Crippen molar-refractivity contribution < 1.29 is 18.0 Å². The average Bonchev–Trinajstić information content (AvgIpc) is 2.59. The molecular weight excluding hydrogens is 397 g/mol. The number of aromatic nitrogens is 2. The van der Waals surface area contributed by atoms with Crippen molar-refractivity contribution in [2.75, 3.05) is 35.6 Å². The number of carbonyl (C=O) groups is 1. The van der Waals surface area contributed by atoms with Crippen molar-refractivity contribution in [2.24, 2.45) is 0 Å². The number of alkyl halides is 3. The van der Waals surface area contributed by atoms with Crippen molar-refractivity contribution >= 4 is 35.0 Å². The third-order valence-corrected chi connectivity index (χ3v) is 3.77. The summed E-state index contributed by atoms with van der Waals surface area (Å²) in [6, 6.07) is 4.27. The van der Waals surface area contributed by atoms with Crippen molar-refractivity contribution in [1.29, 1.82) is 0 Å². The summed E-state index contributed by atoms with van der Waals surface area (Å²) in [5, 5.41) is 10.6. The lowest BCUT2D eigenvalue weighted by Crippen LogP contribution is -2.32. The van der Waals surface area contributed by atoms with E-state index >= 15 is 0 Å². The van der Waals surface area contributed by atoms with Crippen molar-refractivity contribution in [3.05, 3.63) is 40.7 Å². The highest BCUT2D eigenvalue weighted by Gasteiger charge is 2.33. The lowest BCUT2D eigenvalue weighted by Gasteiger charge is -2.13. The number of rotatable bonds is 7. The van der Waals surface area contributed by atoms with Gasteiger partial charge in [0.15, 0.2) is 0 Å². The molecule has 0 bridgehead atoms. The number of carbonyl (C=O) groups excluding carboxylic acids is 1. The number of anilines is 3. The molecule has 4 N–H and O–H groups in total. The number of hydrogen-bond donors (Lipinski definition) is 4. The monoisotopic (exact) mass is 416 g/mol. The van der Waals surface area contributed by atoms with Gasteiger partial charge in [0.25, 0.3) is 0 Å². The van der Waals surface area contributed by atoms with Gasteiger partial charge in [0.05, 0.1) is 10.6 Å². The molecule has 2 aromatic rings. The Hall–Kier alpha value is -2.75. The highest BCUT2D eigenvalue weighted by molar-refractivity contribution is 6.31. The standard InChI is InChI=1S/C17H20ClF3N6O/c1-3-22-14-9-15(26-10(2)25-14)23-6-7-24-16(28)27-11-4-5-13(18)12(8-11)17(19,20)21/h4-5,8-9H,3,6-7H2,1-2H3,(H2,24,27,28)(H2,22,23,25,26). The van der Waals surface area contributed by atoms with E-state index in [1.165, 1.54) is 6.07 Å². The molecule has 0 radical (unpaired) electrons. The van der Waals surface area contributed by atoms with Crippen LogP contribution in [0.25, 0.3) is 0 Å². The van der Waals surface area contributed by atoms with Crippen molar-refractivity contribution in [2.45, 2.75) is 20.0 Å². The Bertz CT molecular complexity index is 831. The molecule has 152 valence electrons. The summed E-state index contributed by atoms with van der Waals surface area (Å²) >= 11 is 5.55. The highest BCUT2D eigenvalue weighted by atomic mass is 35.5. The van der Waals surface area contributed by atoms with Crippen LogP contribution in [0.5, 0.6) is 0 Å². The van der Waals surface area contributed by atoms with Gasteiger partial charge in [-0.05, 0) is 32.0 Å². The van der Waals surface area contributed by atoms with Crippen LogP contribution in [0.15, 0.2) is 24.3 Å². The van der Waals surface area contributed by atoms with E-state index in [4.69, 9.17) is 11.6 Å². The van der Waals surface area contributed by atoms with Crippen molar-refractivity contribution in [3.8, 4) is 0 Å². The van der Waals surface area contributed by atoms with Crippen LogP contribution in [0.2, 0.25) is 5.02 Å². The molecule has 0 unspecified atom stereocenters. The van der Waals surface area contributed by atoms with Crippen LogP contribution >= 0.6 is 11.6 Å². The van der Waals surface area contributed by atoms with Gasteiger partial charge < -0.3 is 21.3 Å². The highest BCUT2D eigenvalue weighted by Crippen LogP contribution is 2.36. The maximum absolute atomic E-state index is 12.8. The Morgan fingerprint density at radius 1 is 1.11 bits per heavy atom. The van der Waals surface area contributed by atoms with Crippen LogP contribution in [0.1, 0.15) is 18.3 Å². The summed E-state index contributed by atoms with van der Waals surface area (Å²) in [5.41, 5.74) is -1.02. The largest absolute Gasteiger partial charge is 0.417 e. The fourth-order valence-corrected chi connectivity index (χ4v) is 2.52. The zero-order chi connectivity index (χ0) is 20.7. The number of halogens is 4. The molecule has 2 rings (SSSR count). The molecule has 28 heavy (non-hydrogen) atoms. The maximum Gasteiger partial charge on any atom is 0.417 e. The number of nitrogens with one attached hydrogen (secondary N) is 4. The lowest BCUT2D eigenvalue weighted by molar-refractivity contribution is -0.137. The van der Waals surface area contributed by atoms with Crippen molar-refractivity contribution in [3.63, 3.8) is 0 Å². The second kappa shape index (κ2) is 9.45. The zero-order valence-electron chi connectivity index (χ0n) is 15.2. The Balaban J connectivity index is 1.84. The normalized spacial score (nSPS) is 11.1. The van der Waals surface area contributed by atoms with E-state index in [-0.39, 0.29) is 12.2 Å². The molecular formula is C17H20ClF3N6O. The van der Waals surface area contributed by atoms with Crippen LogP contribution < -0.4 is 21.3 Å². The molecule has 0 aliphatic rings. The van der Waals surface area contributed by atoms with Gasteiger partial charge in [-0.25, -0.2) is 14.8 Å². The number of amides is 2. The molecule has 2 amide bonds. The predicted octanol–water partition coefficient (Wildman–Crippen LogP) is 4.12. The summed E-state index contributed by atoms with van der Waals surface area (Å²) in [5.74, 6) is 1.87. The van der Waals surface area contributed by atoms with Gasteiger partial charge in [0.1, 0.15) is 17.5 Å². The van der Waals surface area contributed by atoms with E-state index in [2.05, 4.69) is 31.2 Å². The third kappa shape index (κ3) is 6.45. The minimum absolute atomic E-state index is 0.0103. The first-order chi connectivity index (χ1) is 13.2. The molecule has 0 saturated heterocycles. The number of nitrogens with zero attached hydrogens (tertiary/aromatic N) is 2. The van der Waals surface area contributed by atoms with E-state index < -0.39 is 22.8 Å². The van der Waals surface area contributed by atoms with Crippen LogP contribution in [0.4, 0.5) is 35.3 Å². The number of aryl methyl sites for hydroxylation is 1. The zero-order valence-corrected chi connectivity index (χ0v) is 16.0. The minimum Gasteiger partial charge on any atom is -0.370 e. The van der Waals surface area contributed by atoms with Crippen LogP contribution in [-0.4, -0.2) is 35.6 Å². The Morgan fingerprint density at radius 3 is 2.43 bits per heavy atom. The van der Waals surface area contributed by atoms with Crippen LogP contribution in [0, 0.1) is 6.92 Å². The Morgan fingerprint density at radius 2 is 1.79 bits per heavy atom. The first-order valence-corrected chi connectivity index (χ1v) is 8.82. The average molecular weight is 417 g/mol. The van der Waals surface area contributed by atoms with Gasteiger partial charge in [-0.15, -0.1) is 0 Å². The predicted molar refractivity (Wildman–Crippen MR) is 103 cm³/mol. The molecule has 1 heterocycles. The molecule has 0 fully saturated rings. The topological polar surface area (TPSA) is 91.0 Å².